The maximum absolute atomic E-state index is 12.9. The monoisotopic (exact) mass is 646 g/mol. The largest absolute Gasteiger partial charge is 0.486 e. The first kappa shape index (κ1) is 30.0. The Morgan fingerprint density at radius 2 is 1.75 bits per heavy atom. The first-order valence-corrected chi connectivity index (χ1v) is 13.6. The van der Waals surface area contributed by atoms with E-state index >= 15 is 0 Å². The van der Waals surface area contributed by atoms with Crippen LogP contribution in [0.4, 0.5) is 24.0 Å². The van der Waals surface area contributed by atoms with E-state index in [-0.39, 0.29) is 34.5 Å². The molecule has 0 saturated carbocycles. The zero-order valence-corrected chi connectivity index (χ0v) is 23.9. The van der Waals surface area contributed by atoms with Gasteiger partial charge in [-0.05, 0) is 53.6 Å². The van der Waals surface area contributed by atoms with E-state index in [0.29, 0.717) is 26.4 Å². The van der Waals surface area contributed by atoms with Gasteiger partial charge in [-0.3, -0.25) is 4.79 Å². The molecule has 1 heterocycles. The number of alkyl halides is 3. The molecule has 0 unspecified atom stereocenters. The van der Waals surface area contributed by atoms with Gasteiger partial charge in [0.25, 0.3) is 0 Å². The Morgan fingerprint density at radius 1 is 1.00 bits per heavy atom. The summed E-state index contributed by atoms with van der Waals surface area (Å²) in [5.41, 5.74) is 3.54. The van der Waals surface area contributed by atoms with Crippen molar-refractivity contribution < 1.29 is 22.7 Å². The van der Waals surface area contributed by atoms with Gasteiger partial charge in [0.1, 0.15) is 6.61 Å². The highest BCUT2D eigenvalue weighted by molar-refractivity contribution is 7.13. The number of ether oxygens (including phenoxy) is 1. The number of anilines is 2. The molecule has 0 aliphatic heterocycles. The lowest BCUT2D eigenvalue weighted by Crippen LogP contribution is -2.19. The molecule has 208 valence electrons. The van der Waals surface area contributed by atoms with Crippen molar-refractivity contribution in [1.29, 1.82) is 0 Å². The van der Waals surface area contributed by atoms with Crippen LogP contribution in [0.2, 0.25) is 20.1 Å². The van der Waals surface area contributed by atoms with Gasteiger partial charge in [-0.15, -0.1) is 11.3 Å². The molecule has 0 bridgehead atoms. The number of nitrogens with zero attached hydrogens (tertiary/aromatic N) is 2. The molecular formula is C26H17Cl4F3N4O2S. The van der Waals surface area contributed by atoms with Gasteiger partial charge in [0.2, 0.25) is 5.91 Å². The smallest absolute Gasteiger partial charge is 0.416 e. The molecule has 0 fully saturated rings. The highest BCUT2D eigenvalue weighted by Gasteiger charge is 2.30. The third-order valence-corrected chi connectivity index (χ3v) is 7.23. The van der Waals surface area contributed by atoms with E-state index in [9.17, 15) is 18.0 Å². The van der Waals surface area contributed by atoms with Crippen molar-refractivity contribution in [2.24, 2.45) is 5.10 Å². The van der Waals surface area contributed by atoms with Crippen LogP contribution in [0, 0.1) is 0 Å². The fraction of sp³-hybridized carbons (Fsp3) is 0.115. The molecule has 1 aromatic heterocycles. The quantitative estimate of drug-likeness (QED) is 0.141. The van der Waals surface area contributed by atoms with Crippen molar-refractivity contribution in [3.63, 3.8) is 0 Å². The summed E-state index contributed by atoms with van der Waals surface area (Å²) in [5, 5.41) is 10.00. The highest BCUT2D eigenvalue weighted by Crippen LogP contribution is 2.35. The van der Waals surface area contributed by atoms with Crippen LogP contribution in [0.5, 0.6) is 5.75 Å². The lowest BCUT2D eigenvalue weighted by Gasteiger charge is -2.11. The molecule has 40 heavy (non-hydrogen) atoms. The van der Waals surface area contributed by atoms with E-state index in [2.05, 4.69) is 20.8 Å². The number of carbonyl (C=O) groups is 1. The number of rotatable bonds is 9. The van der Waals surface area contributed by atoms with Crippen molar-refractivity contribution in [2.45, 2.75) is 19.2 Å². The van der Waals surface area contributed by atoms with E-state index in [1.54, 1.807) is 35.7 Å². The SMILES string of the molecule is O=C(Cc1csc(Nc2cccc(C(F)(F)F)c2)n1)N/N=C\c1cc(Cl)c(OCc2ccc(Cl)c(Cl)c2)c(Cl)c1. The summed E-state index contributed by atoms with van der Waals surface area (Å²) in [6.07, 6.45) is -3.19. The van der Waals surface area contributed by atoms with Crippen molar-refractivity contribution in [3.05, 3.63) is 102 Å². The molecule has 0 aliphatic carbocycles. The number of nitrogens with one attached hydrogen (secondary N) is 2. The minimum absolute atomic E-state index is 0.0961. The van der Waals surface area contributed by atoms with Crippen LogP contribution in [0.25, 0.3) is 0 Å². The molecular weight excluding hydrogens is 631 g/mol. The van der Waals surface area contributed by atoms with Gasteiger partial charge in [0, 0.05) is 11.1 Å². The molecule has 0 radical (unpaired) electrons. The van der Waals surface area contributed by atoms with Gasteiger partial charge >= 0.3 is 6.18 Å². The van der Waals surface area contributed by atoms with Crippen LogP contribution in [-0.4, -0.2) is 17.1 Å². The first-order valence-electron chi connectivity index (χ1n) is 11.2. The maximum atomic E-state index is 12.9. The summed E-state index contributed by atoms with van der Waals surface area (Å²) >= 11 is 25.7. The number of benzene rings is 3. The van der Waals surface area contributed by atoms with Crippen molar-refractivity contribution in [3.8, 4) is 5.75 Å². The topological polar surface area (TPSA) is 75.6 Å². The van der Waals surface area contributed by atoms with Gasteiger partial charge in [0.05, 0.1) is 44.0 Å². The van der Waals surface area contributed by atoms with Crippen molar-refractivity contribution in [1.82, 2.24) is 10.4 Å². The van der Waals surface area contributed by atoms with Crippen LogP contribution in [0.1, 0.15) is 22.4 Å². The standard InChI is InChI=1S/C26H17Cl4F3N4O2S/c27-19-5-4-14(6-20(19)28)12-39-24-21(29)7-15(8-22(24)30)11-34-37-23(38)10-18-13-40-25(36-18)35-17-3-1-2-16(9-17)26(31,32)33/h1-9,11,13H,10,12H2,(H,35,36)(H,37,38)/b34-11-. The number of aromatic nitrogens is 1. The highest BCUT2D eigenvalue weighted by atomic mass is 35.5. The summed E-state index contributed by atoms with van der Waals surface area (Å²) in [6.45, 7) is 0.160. The summed E-state index contributed by atoms with van der Waals surface area (Å²) in [6, 6.07) is 13.0. The summed E-state index contributed by atoms with van der Waals surface area (Å²) < 4.78 is 44.5. The van der Waals surface area contributed by atoms with E-state index in [1.807, 2.05) is 0 Å². The second-order valence-corrected chi connectivity index (χ2v) is 10.7. The number of amides is 1. The average Bonchev–Trinajstić information content (AvgIpc) is 3.31. The molecule has 0 saturated heterocycles. The molecule has 0 aliphatic rings. The molecule has 4 rings (SSSR count). The molecule has 0 atom stereocenters. The van der Waals surface area contributed by atoms with Crippen LogP contribution >= 0.6 is 57.7 Å². The molecule has 14 heteroatoms. The van der Waals surface area contributed by atoms with Crippen LogP contribution < -0.4 is 15.5 Å². The Balaban J connectivity index is 1.30. The van der Waals surface area contributed by atoms with Gasteiger partial charge < -0.3 is 10.1 Å². The summed E-state index contributed by atoms with van der Waals surface area (Å²) in [4.78, 5) is 16.5. The number of carbonyl (C=O) groups excluding carboxylic acids is 1. The fourth-order valence-electron chi connectivity index (χ4n) is 3.30. The predicted octanol–water partition coefficient (Wildman–Crippen LogP) is 8.79. The van der Waals surface area contributed by atoms with Crippen LogP contribution in [0.3, 0.4) is 0 Å². The average molecular weight is 648 g/mol. The van der Waals surface area contributed by atoms with Gasteiger partial charge in [0.15, 0.2) is 10.9 Å². The zero-order valence-electron chi connectivity index (χ0n) is 20.0. The Hall–Kier alpha value is -3.02. The Kier molecular flexibility index (Phi) is 9.81. The van der Waals surface area contributed by atoms with Gasteiger partial charge in [-0.2, -0.15) is 18.3 Å². The normalized spacial score (nSPS) is 11.6. The molecule has 0 spiro atoms. The Morgan fingerprint density at radius 3 is 2.45 bits per heavy atom. The number of thiazole rings is 1. The van der Waals surface area contributed by atoms with Crippen molar-refractivity contribution >= 4 is 80.7 Å². The number of hydrogen-bond acceptors (Lipinski definition) is 6. The second kappa shape index (κ2) is 13.1. The minimum atomic E-state index is -4.45. The predicted molar refractivity (Wildman–Crippen MR) is 154 cm³/mol. The molecule has 3 aromatic carbocycles. The van der Waals surface area contributed by atoms with Crippen LogP contribution in [0.15, 0.2) is 65.1 Å². The van der Waals surface area contributed by atoms with E-state index < -0.39 is 17.6 Å². The van der Waals surface area contributed by atoms with Crippen LogP contribution in [-0.2, 0) is 24.0 Å². The Labute approximate surface area is 250 Å². The van der Waals surface area contributed by atoms with Gasteiger partial charge in [-0.25, -0.2) is 10.4 Å². The lowest BCUT2D eigenvalue weighted by atomic mass is 10.2. The Bertz CT molecular complexity index is 1540. The lowest BCUT2D eigenvalue weighted by molar-refractivity contribution is -0.137. The number of hydrazone groups is 1. The first-order chi connectivity index (χ1) is 19.0. The minimum Gasteiger partial charge on any atom is -0.486 e. The molecule has 2 N–H and O–H groups in total. The van der Waals surface area contributed by atoms with Gasteiger partial charge in [-0.1, -0.05) is 58.5 Å². The fourth-order valence-corrected chi connectivity index (χ4v) is 4.97. The second-order valence-electron chi connectivity index (χ2n) is 8.17. The molecule has 4 aromatic rings. The summed E-state index contributed by atoms with van der Waals surface area (Å²) in [5.74, 6) is -0.181. The number of hydrogen-bond donors (Lipinski definition) is 2. The third-order valence-electron chi connectivity index (χ3n) is 5.13. The molecule has 6 nitrogen and oxygen atoms in total. The number of halogens is 7. The molecule has 1 amide bonds. The zero-order chi connectivity index (χ0) is 28.9. The third kappa shape index (κ3) is 8.25. The van der Waals surface area contributed by atoms with E-state index in [1.165, 1.54) is 18.3 Å². The van der Waals surface area contributed by atoms with E-state index in [0.717, 1.165) is 29.0 Å². The summed E-state index contributed by atoms with van der Waals surface area (Å²) in [7, 11) is 0. The van der Waals surface area contributed by atoms with E-state index in [4.69, 9.17) is 51.1 Å². The maximum Gasteiger partial charge on any atom is 0.416 e. The van der Waals surface area contributed by atoms with Crippen molar-refractivity contribution in [2.75, 3.05) is 5.32 Å².